The summed E-state index contributed by atoms with van der Waals surface area (Å²) in [5, 5.41) is 1.02. The summed E-state index contributed by atoms with van der Waals surface area (Å²) < 4.78 is 1.20. The van der Waals surface area contributed by atoms with Crippen LogP contribution in [0.3, 0.4) is 0 Å². The van der Waals surface area contributed by atoms with Crippen LogP contribution in [-0.4, -0.2) is 9.97 Å². The van der Waals surface area contributed by atoms with Crippen molar-refractivity contribution in [3.05, 3.63) is 16.6 Å². The van der Waals surface area contributed by atoms with Gasteiger partial charge in [0.25, 0.3) is 0 Å². The van der Waals surface area contributed by atoms with E-state index in [2.05, 4.69) is 9.97 Å². The van der Waals surface area contributed by atoms with E-state index in [-0.39, 0.29) is 0 Å². The molecule has 6 heteroatoms. The van der Waals surface area contributed by atoms with Crippen LogP contribution in [0, 0.1) is 6.92 Å². The van der Waals surface area contributed by atoms with Crippen molar-refractivity contribution in [3.8, 4) is 9.88 Å². The fourth-order valence-corrected chi connectivity index (χ4v) is 4.34. The van der Waals surface area contributed by atoms with E-state index in [9.17, 15) is 0 Å². The van der Waals surface area contributed by atoms with E-state index in [1.165, 1.54) is 4.01 Å². The zero-order valence-electron chi connectivity index (χ0n) is 7.85. The van der Waals surface area contributed by atoms with E-state index in [1.807, 2.05) is 18.6 Å². The van der Waals surface area contributed by atoms with Crippen LogP contribution in [0.2, 0.25) is 0 Å². The summed E-state index contributed by atoms with van der Waals surface area (Å²) in [4.78, 5) is 10.9. The highest BCUT2D eigenvalue weighted by Gasteiger charge is 2.13. The minimum Gasteiger partial charge on any atom is -0.396 e. The lowest BCUT2D eigenvalue weighted by Crippen LogP contribution is -1.84. The predicted molar refractivity (Wildman–Crippen MR) is 67.8 cm³/mol. The van der Waals surface area contributed by atoms with Gasteiger partial charge in [-0.25, -0.2) is 4.98 Å². The first-order valence-corrected chi connectivity index (χ1v) is 6.81. The van der Waals surface area contributed by atoms with Crippen LogP contribution in [0.4, 0.5) is 5.69 Å². The van der Waals surface area contributed by atoms with Crippen LogP contribution in [0.15, 0.2) is 11.7 Å². The molecule has 0 amide bonds. The first kappa shape index (κ1) is 9.26. The van der Waals surface area contributed by atoms with E-state index < -0.39 is 0 Å². The van der Waals surface area contributed by atoms with Crippen molar-refractivity contribution in [2.24, 2.45) is 0 Å². The predicted octanol–water partition coefficient (Wildman–Crippen LogP) is 3.37. The normalized spacial score (nSPS) is 11.3. The number of hydrogen-bond acceptors (Lipinski definition) is 6. The Kier molecular flexibility index (Phi) is 2.01. The minimum atomic E-state index is 0.821. The summed E-state index contributed by atoms with van der Waals surface area (Å²) in [6.07, 6.45) is 1.84. The topological polar surface area (TPSA) is 51.8 Å². The van der Waals surface area contributed by atoms with Gasteiger partial charge in [0, 0.05) is 11.1 Å². The molecule has 0 radical (unpaired) electrons. The third-order valence-electron chi connectivity index (χ3n) is 2.12. The van der Waals surface area contributed by atoms with Gasteiger partial charge in [0.2, 0.25) is 0 Å². The molecule has 0 unspecified atom stereocenters. The molecule has 0 aromatic carbocycles. The highest BCUT2D eigenvalue weighted by atomic mass is 32.2. The van der Waals surface area contributed by atoms with Crippen molar-refractivity contribution < 1.29 is 0 Å². The molecule has 76 valence electrons. The van der Waals surface area contributed by atoms with Crippen molar-refractivity contribution in [3.63, 3.8) is 0 Å². The molecule has 0 aliphatic heterocycles. The standard InChI is InChI=1S/C9H7N3S3/c1-4-6(10)7-9(14-4)15-8(12-7)5-2-11-3-13-5/h2-3H,10H2,1H3. The van der Waals surface area contributed by atoms with Crippen LogP contribution in [0.25, 0.3) is 19.4 Å². The van der Waals surface area contributed by atoms with Gasteiger partial charge in [0.1, 0.15) is 14.5 Å². The number of nitrogens with zero attached hydrogens (tertiary/aromatic N) is 2. The number of anilines is 1. The molecule has 3 nitrogen and oxygen atoms in total. The number of nitrogen functional groups attached to an aromatic ring is 1. The molecule has 3 rings (SSSR count). The Morgan fingerprint density at radius 2 is 2.20 bits per heavy atom. The van der Waals surface area contributed by atoms with Crippen molar-refractivity contribution >= 4 is 49.2 Å². The van der Waals surface area contributed by atoms with Crippen LogP contribution < -0.4 is 5.73 Å². The number of aryl methyl sites for hydroxylation is 1. The molecule has 0 saturated carbocycles. The summed E-state index contributed by atoms with van der Waals surface area (Å²) >= 11 is 5.01. The molecule has 0 aliphatic carbocycles. The minimum absolute atomic E-state index is 0.821. The van der Waals surface area contributed by atoms with Gasteiger partial charge >= 0.3 is 0 Å². The summed E-state index contributed by atoms with van der Waals surface area (Å²) in [7, 11) is 0. The molecule has 0 saturated heterocycles. The van der Waals surface area contributed by atoms with E-state index in [1.54, 1.807) is 34.0 Å². The molecule has 3 heterocycles. The van der Waals surface area contributed by atoms with Crippen molar-refractivity contribution in [1.82, 2.24) is 9.97 Å². The quantitative estimate of drug-likeness (QED) is 0.723. The fraction of sp³-hybridized carbons (Fsp3) is 0.111. The Labute approximate surface area is 98.2 Å². The molecule has 0 aliphatic rings. The smallest absolute Gasteiger partial charge is 0.137 e. The van der Waals surface area contributed by atoms with Gasteiger partial charge < -0.3 is 5.73 Å². The second-order valence-corrected chi connectivity index (χ2v) is 6.46. The second kappa shape index (κ2) is 3.26. The van der Waals surface area contributed by atoms with Crippen molar-refractivity contribution in [2.45, 2.75) is 6.92 Å². The number of aromatic nitrogens is 2. The number of nitrogens with two attached hydrogens (primary N) is 1. The molecule has 2 N–H and O–H groups in total. The Bertz CT molecular complexity index is 606. The van der Waals surface area contributed by atoms with Gasteiger partial charge in [-0.05, 0) is 6.92 Å². The maximum Gasteiger partial charge on any atom is 0.137 e. The molecule has 3 aromatic rings. The number of rotatable bonds is 1. The third-order valence-corrected chi connectivity index (χ3v) is 5.32. The average molecular weight is 253 g/mol. The van der Waals surface area contributed by atoms with E-state index in [0.29, 0.717) is 0 Å². The maximum atomic E-state index is 5.95. The zero-order valence-corrected chi connectivity index (χ0v) is 10.3. The lowest BCUT2D eigenvalue weighted by Gasteiger charge is -1.88. The van der Waals surface area contributed by atoms with Crippen LogP contribution >= 0.6 is 34.0 Å². The molecule has 0 spiro atoms. The van der Waals surface area contributed by atoms with E-state index in [0.717, 1.165) is 26.0 Å². The SMILES string of the molecule is Cc1sc2sc(-c3cncs3)nc2c1N. The lowest BCUT2D eigenvalue weighted by atomic mass is 10.4. The fourth-order valence-electron chi connectivity index (χ4n) is 1.33. The molecule has 15 heavy (non-hydrogen) atoms. The van der Waals surface area contributed by atoms with Gasteiger partial charge in [0.05, 0.1) is 16.1 Å². The lowest BCUT2D eigenvalue weighted by molar-refractivity contribution is 1.41. The Morgan fingerprint density at radius 3 is 2.87 bits per heavy atom. The van der Waals surface area contributed by atoms with Crippen LogP contribution in [-0.2, 0) is 0 Å². The highest BCUT2D eigenvalue weighted by Crippen LogP contribution is 2.40. The first-order valence-electron chi connectivity index (χ1n) is 4.30. The highest BCUT2D eigenvalue weighted by molar-refractivity contribution is 7.40. The van der Waals surface area contributed by atoms with E-state index >= 15 is 0 Å². The van der Waals surface area contributed by atoms with E-state index in [4.69, 9.17) is 5.73 Å². The van der Waals surface area contributed by atoms with Crippen molar-refractivity contribution in [2.75, 3.05) is 5.73 Å². The molecule has 3 aromatic heterocycles. The molecule has 0 atom stereocenters. The number of thiophene rings is 1. The molecular formula is C9H7N3S3. The van der Waals surface area contributed by atoms with Gasteiger partial charge in [0.15, 0.2) is 0 Å². The number of fused-ring (bicyclic) bond motifs is 1. The third kappa shape index (κ3) is 1.37. The molecule has 0 bridgehead atoms. The number of hydrogen-bond donors (Lipinski definition) is 1. The monoisotopic (exact) mass is 253 g/mol. The van der Waals surface area contributed by atoms with Crippen molar-refractivity contribution in [1.29, 1.82) is 0 Å². The van der Waals surface area contributed by atoms with Gasteiger partial charge in [-0.1, -0.05) is 0 Å². The Morgan fingerprint density at radius 1 is 1.33 bits per heavy atom. The molecular weight excluding hydrogens is 246 g/mol. The zero-order chi connectivity index (χ0) is 10.4. The second-order valence-electron chi connectivity index (χ2n) is 3.09. The maximum absolute atomic E-state index is 5.95. The Hall–Kier alpha value is -0.980. The molecule has 0 fully saturated rings. The van der Waals surface area contributed by atoms with Crippen LogP contribution in [0.1, 0.15) is 4.88 Å². The first-order chi connectivity index (χ1) is 7.25. The summed E-state index contributed by atoms with van der Waals surface area (Å²) in [5.41, 5.74) is 9.54. The summed E-state index contributed by atoms with van der Waals surface area (Å²) in [6, 6.07) is 0. The Balaban J connectivity index is 2.24. The summed E-state index contributed by atoms with van der Waals surface area (Å²) in [5.74, 6) is 0. The largest absolute Gasteiger partial charge is 0.396 e. The van der Waals surface area contributed by atoms with Gasteiger partial charge in [-0.15, -0.1) is 34.0 Å². The summed E-state index contributed by atoms with van der Waals surface area (Å²) in [6.45, 7) is 2.03. The van der Waals surface area contributed by atoms with Gasteiger partial charge in [-0.2, -0.15) is 0 Å². The van der Waals surface area contributed by atoms with Gasteiger partial charge in [-0.3, -0.25) is 4.98 Å². The average Bonchev–Trinajstić information content (AvgIpc) is 2.86. The van der Waals surface area contributed by atoms with Crippen LogP contribution in [0.5, 0.6) is 0 Å². The number of thiazole rings is 2.